The average molecular weight is 343 g/mol. The van der Waals surface area contributed by atoms with Crippen molar-refractivity contribution in [1.82, 2.24) is 15.2 Å². The Bertz CT molecular complexity index is 784. The van der Waals surface area contributed by atoms with E-state index in [9.17, 15) is 9.90 Å². The third kappa shape index (κ3) is 4.29. The normalized spacial score (nSPS) is 18.8. The van der Waals surface area contributed by atoms with Crippen LogP contribution in [-0.4, -0.2) is 47.3 Å². The summed E-state index contributed by atoms with van der Waals surface area (Å²) in [5.41, 5.74) is 3.99. The summed E-state index contributed by atoms with van der Waals surface area (Å²) in [4.78, 5) is 17.7. The van der Waals surface area contributed by atoms with Crippen LogP contribution < -0.4 is 10.9 Å². The molecule has 2 heterocycles. The Morgan fingerprint density at radius 3 is 2.92 bits per heavy atom. The van der Waals surface area contributed by atoms with Crippen LogP contribution in [-0.2, 0) is 6.54 Å². The number of H-pyrrole nitrogens is 1. The molecule has 0 radical (unpaired) electrons. The van der Waals surface area contributed by atoms with Gasteiger partial charge in [0.25, 0.3) is 5.56 Å². The summed E-state index contributed by atoms with van der Waals surface area (Å²) in [5, 5.41) is 13.9. The highest BCUT2D eigenvalue weighted by Gasteiger charge is 2.20. The molecule has 0 spiro atoms. The Morgan fingerprint density at radius 2 is 2.12 bits per heavy atom. The third-order valence-corrected chi connectivity index (χ3v) is 5.22. The number of aromatic amines is 1. The van der Waals surface area contributed by atoms with Gasteiger partial charge in [0, 0.05) is 31.2 Å². The van der Waals surface area contributed by atoms with E-state index < -0.39 is 0 Å². The molecular formula is C20H29N3O2. The van der Waals surface area contributed by atoms with Gasteiger partial charge in [0.05, 0.1) is 12.1 Å². The fourth-order valence-electron chi connectivity index (χ4n) is 3.87. The molecule has 0 amide bonds. The lowest BCUT2D eigenvalue weighted by atomic mass is 10.0. The summed E-state index contributed by atoms with van der Waals surface area (Å²) in [5.74, 6) is 0. The van der Waals surface area contributed by atoms with E-state index in [0.717, 1.165) is 48.1 Å². The van der Waals surface area contributed by atoms with Crippen molar-refractivity contribution in [2.24, 2.45) is 0 Å². The fraction of sp³-hybridized carbons (Fsp3) is 0.550. The number of aliphatic hydroxyl groups excluding tert-OH is 1. The molecule has 1 aromatic heterocycles. The van der Waals surface area contributed by atoms with Crippen LogP contribution in [0.25, 0.3) is 10.9 Å². The van der Waals surface area contributed by atoms with Crippen molar-refractivity contribution in [1.29, 1.82) is 0 Å². The first-order valence-corrected chi connectivity index (χ1v) is 9.27. The second-order valence-corrected chi connectivity index (χ2v) is 7.21. The lowest BCUT2D eigenvalue weighted by Crippen LogP contribution is -2.44. The van der Waals surface area contributed by atoms with E-state index in [4.69, 9.17) is 0 Å². The summed E-state index contributed by atoms with van der Waals surface area (Å²) in [6.07, 6.45) is 3.50. The number of rotatable bonds is 6. The number of fused-ring (bicyclic) bond motifs is 1. The van der Waals surface area contributed by atoms with Gasteiger partial charge >= 0.3 is 0 Å². The number of aryl methyl sites for hydroxylation is 2. The molecule has 1 aliphatic heterocycles. The Morgan fingerprint density at radius 1 is 1.28 bits per heavy atom. The molecule has 0 bridgehead atoms. The first kappa shape index (κ1) is 18.1. The molecule has 3 N–H and O–H groups in total. The standard InChI is InChI=1S/C20H29N3O2/c1-14-9-15(2)19-16(10-14)11-17(20(25)22-19)12-21-6-8-23-7-4-3-5-18(23)13-24/h9-11,18,21,24H,3-8,12-13H2,1-2H3,(H,22,25). The van der Waals surface area contributed by atoms with Crippen LogP contribution in [0.3, 0.4) is 0 Å². The van der Waals surface area contributed by atoms with Crippen LogP contribution in [0.1, 0.15) is 36.0 Å². The summed E-state index contributed by atoms with van der Waals surface area (Å²) in [6, 6.07) is 6.50. The van der Waals surface area contributed by atoms with Crippen molar-refractivity contribution in [2.75, 3.05) is 26.2 Å². The van der Waals surface area contributed by atoms with Gasteiger partial charge in [-0.3, -0.25) is 9.69 Å². The second kappa shape index (κ2) is 8.13. The van der Waals surface area contributed by atoms with Gasteiger partial charge in [0.2, 0.25) is 0 Å². The number of aliphatic hydroxyl groups is 1. The van der Waals surface area contributed by atoms with Crippen molar-refractivity contribution < 1.29 is 5.11 Å². The Labute approximate surface area is 149 Å². The largest absolute Gasteiger partial charge is 0.395 e. The average Bonchev–Trinajstić information content (AvgIpc) is 2.60. The zero-order valence-electron chi connectivity index (χ0n) is 15.3. The topological polar surface area (TPSA) is 68.4 Å². The minimum Gasteiger partial charge on any atom is -0.395 e. The van der Waals surface area contributed by atoms with Crippen LogP contribution in [0.4, 0.5) is 0 Å². The molecule has 2 aromatic rings. The molecule has 25 heavy (non-hydrogen) atoms. The maximum atomic E-state index is 12.3. The molecule has 1 saturated heterocycles. The summed E-state index contributed by atoms with van der Waals surface area (Å²) >= 11 is 0. The maximum Gasteiger partial charge on any atom is 0.252 e. The molecule has 0 saturated carbocycles. The number of nitrogens with zero attached hydrogens (tertiary/aromatic N) is 1. The first-order chi connectivity index (χ1) is 12.1. The van der Waals surface area contributed by atoms with E-state index in [1.165, 1.54) is 18.4 Å². The van der Waals surface area contributed by atoms with E-state index in [-0.39, 0.29) is 12.2 Å². The predicted molar refractivity (Wildman–Crippen MR) is 102 cm³/mol. The minimum atomic E-state index is -0.0156. The third-order valence-electron chi connectivity index (χ3n) is 5.22. The van der Waals surface area contributed by atoms with Gasteiger partial charge in [-0.15, -0.1) is 0 Å². The SMILES string of the molecule is Cc1cc(C)c2[nH]c(=O)c(CNCCN3CCCCC3CO)cc2c1. The van der Waals surface area contributed by atoms with Crippen molar-refractivity contribution in [2.45, 2.75) is 45.7 Å². The lowest BCUT2D eigenvalue weighted by molar-refractivity contribution is 0.0910. The van der Waals surface area contributed by atoms with Gasteiger partial charge in [-0.2, -0.15) is 0 Å². The Balaban J connectivity index is 1.61. The molecule has 1 unspecified atom stereocenters. The number of piperidine rings is 1. The number of hydrogen-bond acceptors (Lipinski definition) is 4. The second-order valence-electron chi connectivity index (χ2n) is 7.21. The number of pyridine rings is 1. The van der Waals surface area contributed by atoms with Crippen molar-refractivity contribution in [3.63, 3.8) is 0 Å². The van der Waals surface area contributed by atoms with Crippen LogP contribution in [0.5, 0.6) is 0 Å². The Hall–Kier alpha value is -1.69. The number of aromatic nitrogens is 1. The summed E-state index contributed by atoms with van der Waals surface area (Å²) in [7, 11) is 0. The quantitative estimate of drug-likeness (QED) is 0.703. The summed E-state index contributed by atoms with van der Waals surface area (Å²) < 4.78 is 0. The summed E-state index contributed by atoms with van der Waals surface area (Å²) in [6.45, 7) is 7.70. The smallest absolute Gasteiger partial charge is 0.252 e. The molecule has 5 heteroatoms. The monoisotopic (exact) mass is 343 g/mol. The molecule has 1 fully saturated rings. The number of nitrogens with one attached hydrogen (secondary N) is 2. The molecular weight excluding hydrogens is 314 g/mol. The van der Waals surface area contributed by atoms with E-state index in [1.54, 1.807) is 0 Å². The molecule has 3 rings (SSSR count). The molecule has 5 nitrogen and oxygen atoms in total. The highest BCUT2D eigenvalue weighted by molar-refractivity contribution is 5.82. The molecule has 1 atom stereocenters. The first-order valence-electron chi connectivity index (χ1n) is 9.27. The van der Waals surface area contributed by atoms with Crippen molar-refractivity contribution in [3.8, 4) is 0 Å². The zero-order valence-corrected chi connectivity index (χ0v) is 15.3. The number of benzene rings is 1. The zero-order chi connectivity index (χ0) is 17.8. The van der Waals surface area contributed by atoms with Crippen molar-refractivity contribution in [3.05, 3.63) is 45.2 Å². The van der Waals surface area contributed by atoms with Gasteiger partial charge in [0.1, 0.15) is 0 Å². The van der Waals surface area contributed by atoms with E-state index >= 15 is 0 Å². The van der Waals surface area contributed by atoms with E-state index in [0.29, 0.717) is 12.6 Å². The van der Waals surface area contributed by atoms with Gasteiger partial charge < -0.3 is 15.4 Å². The number of hydrogen-bond donors (Lipinski definition) is 3. The molecule has 0 aliphatic carbocycles. The predicted octanol–water partition coefficient (Wildman–Crippen LogP) is 2.08. The lowest BCUT2D eigenvalue weighted by Gasteiger charge is -2.34. The van der Waals surface area contributed by atoms with Gasteiger partial charge in [-0.25, -0.2) is 0 Å². The Kier molecular flexibility index (Phi) is 5.89. The minimum absolute atomic E-state index is 0.0156. The van der Waals surface area contributed by atoms with Crippen LogP contribution in [0, 0.1) is 13.8 Å². The molecule has 136 valence electrons. The van der Waals surface area contributed by atoms with E-state index in [1.807, 2.05) is 13.0 Å². The van der Waals surface area contributed by atoms with Crippen LogP contribution in [0.15, 0.2) is 23.0 Å². The van der Waals surface area contributed by atoms with Crippen molar-refractivity contribution >= 4 is 10.9 Å². The molecule has 1 aliphatic rings. The fourth-order valence-corrected chi connectivity index (χ4v) is 3.87. The van der Waals surface area contributed by atoms with Gasteiger partial charge in [-0.05, 0) is 56.3 Å². The molecule has 1 aromatic carbocycles. The highest BCUT2D eigenvalue weighted by atomic mass is 16.3. The van der Waals surface area contributed by atoms with Gasteiger partial charge in [-0.1, -0.05) is 18.1 Å². The van der Waals surface area contributed by atoms with Crippen LogP contribution in [0.2, 0.25) is 0 Å². The van der Waals surface area contributed by atoms with E-state index in [2.05, 4.69) is 34.3 Å². The maximum absolute atomic E-state index is 12.3. The van der Waals surface area contributed by atoms with Gasteiger partial charge in [0.15, 0.2) is 0 Å². The highest BCUT2D eigenvalue weighted by Crippen LogP contribution is 2.18. The number of likely N-dealkylation sites (tertiary alicyclic amines) is 1. The van der Waals surface area contributed by atoms with Crippen LogP contribution >= 0.6 is 0 Å².